The van der Waals surface area contributed by atoms with Gasteiger partial charge in [0.15, 0.2) is 0 Å². The molecule has 2 fully saturated rings. The third kappa shape index (κ3) is 5.49. The quantitative estimate of drug-likeness (QED) is 0.483. The summed E-state index contributed by atoms with van der Waals surface area (Å²) in [6.45, 7) is 1.88. The zero-order valence-electron chi connectivity index (χ0n) is 21.8. The van der Waals surface area contributed by atoms with E-state index in [-0.39, 0.29) is 23.5 Å². The smallest absolute Gasteiger partial charge is 0.308 e. The lowest BCUT2D eigenvalue weighted by Gasteiger charge is -2.42. The van der Waals surface area contributed by atoms with E-state index in [1.54, 1.807) is 7.11 Å². The number of methoxy groups -OCH3 is 2. The van der Waals surface area contributed by atoms with Crippen molar-refractivity contribution in [3.63, 3.8) is 0 Å². The summed E-state index contributed by atoms with van der Waals surface area (Å²) in [6.07, 6.45) is 7.06. The number of esters is 1. The molecule has 2 heterocycles. The Morgan fingerprint density at radius 2 is 1.84 bits per heavy atom. The molecule has 5 rings (SSSR count). The minimum absolute atomic E-state index is 0.0166. The molecule has 2 saturated carbocycles. The SMILES string of the molecule is COC(=O)C1CC2CC(CC(Nc3nc(Nc4cc5c(cc4OC)CCN(C)C5)ncc3C(N)=O)C2)C1. The summed E-state index contributed by atoms with van der Waals surface area (Å²) in [5, 5.41) is 6.77. The van der Waals surface area contributed by atoms with E-state index < -0.39 is 5.91 Å². The molecule has 1 aromatic heterocycles. The lowest BCUT2D eigenvalue weighted by molar-refractivity contribution is -0.148. The predicted octanol–water partition coefficient (Wildman–Crippen LogP) is 3.10. The van der Waals surface area contributed by atoms with Gasteiger partial charge in [-0.25, -0.2) is 4.98 Å². The first-order valence-corrected chi connectivity index (χ1v) is 13.0. The maximum atomic E-state index is 12.2. The number of anilines is 3. The Hall–Kier alpha value is -3.40. The number of benzene rings is 1. The summed E-state index contributed by atoms with van der Waals surface area (Å²) >= 11 is 0. The normalized spacial score (nSPS) is 25.1. The summed E-state index contributed by atoms with van der Waals surface area (Å²) in [4.78, 5) is 35.6. The molecule has 1 aromatic carbocycles. The molecule has 37 heavy (non-hydrogen) atoms. The number of primary amides is 1. The highest BCUT2D eigenvalue weighted by atomic mass is 16.5. The minimum atomic E-state index is -0.579. The lowest BCUT2D eigenvalue weighted by atomic mass is 9.66. The van der Waals surface area contributed by atoms with Crippen LogP contribution in [0.15, 0.2) is 18.3 Å². The number of ether oxygens (including phenoxy) is 2. The fourth-order valence-corrected chi connectivity index (χ4v) is 6.37. The summed E-state index contributed by atoms with van der Waals surface area (Å²) < 4.78 is 10.6. The number of hydrogen-bond donors (Lipinski definition) is 3. The van der Waals surface area contributed by atoms with E-state index in [0.29, 0.717) is 23.6 Å². The summed E-state index contributed by atoms with van der Waals surface area (Å²) in [5.74, 6) is 1.68. The second-order valence-corrected chi connectivity index (χ2v) is 10.7. The van der Waals surface area contributed by atoms with Gasteiger partial charge in [-0.1, -0.05) is 0 Å². The number of rotatable bonds is 7. The molecule has 2 unspecified atom stereocenters. The Kier molecular flexibility index (Phi) is 7.19. The molecule has 2 aliphatic carbocycles. The zero-order chi connectivity index (χ0) is 26.1. The predicted molar refractivity (Wildman–Crippen MR) is 140 cm³/mol. The van der Waals surface area contributed by atoms with Crippen molar-refractivity contribution in [2.75, 3.05) is 38.4 Å². The fraction of sp³-hybridized carbons (Fsp3) is 0.556. The van der Waals surface area contributed by atoms with Crippen LogP contribution in [-0.4, -0.2) is 60.6 Å². The van der Waals surface area contributed by atoms with Gasteiger partial charge in [-0.2, -0.15) is 4.98 Å². The highest BCUT2D eigenvalue weighted by molar-refractivity contribution is 5.97. The van der Waals surface area contributed by atoms with Gasteiger partial charge in [0.05, 0.1) is 31.4 Å². The van der Waals surface area contributed by atoms with Crippen molar-refractivity contribution in [3.05, 3.63) is 35.0 Å². The number of amides is 1. The first-order valence-electron chi connectivity index (χ1n) is 13.0. The molecule has 0 spiro atoms. The van der Waals surface area contributed by atoms with Crippen LogP contribution >= 0.6 is 0 Å². The highest BCUT2D eigenvalue weighted by Crippen LogP contribution is 2.44. The second kappa shape index (κ2) is 10.5. The number of likely N-dealkylation sites (N-methyl/N-ethyl adjacent to an activating group) is 1. The molecule has 2 bridgehead atoms. The molecular formula is C27H36N6O4. The summed E-state index contributed by atoms with van der Waals surface area (Å²) in [5.41, 5.74) is 9.21. The van der Waals surface area contributed by atoms with Gasteiger partial charge in [-0.3, -0.25) is 9.59 Å². The monoisotopic (exact) mass is 508 g/mol. The van der Waals surface area contributed by atoms with Crippen molar-refractivity contribution in [3.8, 4) is 5.75 Å². The van der Waals surface area contributed by atoms with Crippen LogP contribution in [0.3, 0.4) is 0 Å². The van der Waals surface area contributed by atoms with Gasteiger partial charge in [-0.15, -0.1) is 0 Å². The van der Waals surface area contributed by atoms with Crippen molar-refractivity contribution in [2.45, 2.75) is 51.1 Å². The third-order valence-corrected chi connectivity index (χ3v) is 8.04. The lowest BCUT2D eigenvalue weighted by Crippen LogP contribution is -2.39. The van der Waals surface area contributed by atoms with Crippen LogP contribution in [0.4, 0.5) is 17.5 Å². The topological polar surface area (TPSA) is 132 Å². The molecule has 0 saturated heterocycles. The first-order chi connectivity index (χ1) is 17.8. The maximum Gasteiger partial charge on any atom is 0.308 e. The van der Waals surface area contributed by atoms with Crippen molar-refractivity contribution >= 4 is 29.3 Å². The van der Waals surface area contributed by atoms with Crippen molar-refractivity contribution < 1.29 is 19.1 Å². The highest BCUT2D eigenvalue weighted by Gasteiger charge is 2.39. The number of carbonyl (C=O) groups excluding carboxylic acids is 2. The third-order valence-electron chi connectivity index (χ3n) is 8.04. The molecular weight excluding hydrogens is 472 g/mol. The summed E-state index contributed by atoms with van der Waals surface area (Å²) in [7, 11) is 5.22. The van der Waals surface area contributed by atoms with Crippen LogP contribution < -0.4 is 21.1 Å². The fourth-order valence-electron chi connectivity index (χ4n) is 6.37. The molecule has 4 N–H and O–H groups in total. The van der Waals surface area contributed by atoms with Crippen molar-refractivity contribution in [1.82, 2.24) is 14.9 Å². The Bertz CT molecular complexity index is 1170. The van der Waals surface area contributed by atoms with Crippen molar-refractivity contribution in [2.24, 2.45) is 23.5 Å². The van der Waals surface area contributed by atoms with Crippen LogP contribution in [0.25, 0.3) is 0 Å². The zero-order valence-corrected chi connectivity index (χ0v) is 21.8. The number of aromatic nitrogens is 2. The number of nitrogens with two attached hydrogens (primary N) is 1. The van der Waals surface area contributed by atoms with Gasteiger partial charge < -0.3 is 30.7 Å². The Labute approximate surface area is 217 Å². The molecule has 1 amide bonds. The molecule has 1 aliphatic heterocycles. The number of nitrogens with one attached hydrogen (secondary N) is 2. The van der Waals surface area contributed by atoms with Crippen molar-refractivity contribution in [1.29, 1.82) is 0 Å². The Balaban J connectivity index is 1.35. The molecule has 2 aromatic rings. The number of carbonyl (C=O) groups is 2. The van der Waals surface area contributed by atoms with Gasteiger partial charge in [0, 0.05) is 25.3 Å². The number of hydrogen-bond acceptors (Lipinski definition) is 9. The van der Waals surface area contributed by atoms with E-state index in [1.165, 1.54) is 24.4 Å². The van der Waals surface area contributed by atoms with Crippen LogP contribution in [0.1, 0.15) is 53.6 Å². The first kappa shape index (κ1) is 25.3. The Morgan fingerprint density at radius 1 is 1.08 bits per heavy atom. The molecule has 198 valence electrons. The van der Waals surface area contributed by atoms with Gasteiger partial charge in [-0.05, 0) is 80.7 Å². The largest absolute Gasteiger partial charge is 0.495 e. The maximum absolute atomic E-state index is 12.2. The second-order valence-electron chi connectivity index (χ2n) is 10.7. The van der Waals surface area contributed by atoms with Gasteiger partial charge in [0.25, 0.3) is 5.91 Å². The van der Waals surface area contributed by atoms with E-state index >= 15 is 0 Å². The van der Waals surface area contributed by atoms with E-state index in [1.807, 2.05) is 0 Å². The van der Waals surface area contributed by atoms with Crippen LogP contribution in [0, 0.1) is 17.8 Å². The molecule has 2 atom stereocenters. The average molecular weight is 509 g/mol. The molecule has 10 heteroatoms. The molecule has 10 nitrogen and oxygen atoms in total. The van der Waals surface area contributed by atoms with Gasteiger partial charge in [0.2, 0.25) is 5.95 Å². The van der Waals surface area contributed by atoms with E-state index in [0.717, 1.165) is 63.1 Å². The van der Waals surface area contributed by atoms with Gasteiger partial charge >= 0.3 is 5.97 Å². The standard InChI is InChI=1S/C27H36N6O4/c1-33-5-4-17-12-23(36-2)22(11-19(17)14-33)31-27-29-13-21(24(28)34)25(32-27)30-20-9-15-6-16(10-20)8-18(7-15)26(35)37-3/h11-13,15-16,18,20H,4-10,14H2,1-3H3,(H2,28,34)(H2,29,30,31,32). The van der Waals surface area contributed by atoms with Crippen LogP contribution in [0.2, 0.25) is 0 Å². The Morgan fingerprint density at radius 3 is 2.51 bits per heavy atom. The van der Waals surface area contributed by atoms with E-state index in [9.17, 15) is 9.59 Å². The van der Waals surface area contributed by atoms with E-state index in [2.05, 4.69) is 44.7 Å². The number of fused-ring (bicyclic) bond motifs is 3. The number of nitrogens with zero attached hydrogens (tertiary/aromatic N) is 3. The van der Waals surface area contributed by atoms with Crippen LogP contribution in [0.5, 0.6) is 5.75 Å². The molecule has 3 aliphatic rings. The minimum Gasteiger partial charge on any atom is -0.495 e. The summed E-state index contributed by atoms with van der Waals surface area (Å²) in [6, 6.07) is 4.30. The van der Waals surface area contributed by atoms with Crippen LogP contribution in [-0.2, 0) is 22.5 Å². The molecule has 0 radical (unpaired) electrons. The van der Waals surface area contributed by atoms with Gasteiger partial charge in [0.1, 0.15) is 11.6 Å². The van der Waals surface area contributed by atoms with E-state index in [4.69, 9.17) is 15.2 Å². The average Bonchev–Trinajstić information content (AvgIpc) is 2.87.